The van der Waals surface area contributed by atoms with Crippen LogP contribution < -0.4 is 4.90 Å². The Morgan fingerprint density at radius 1 is 1.15 bits per heavy atom. The quantitative estimate of drug-likeness (QED) is 0.746. The molecule has 2 aliphatic heterocycles. The van der Waals surface area contributed by atoms with Crippen LogP contribution in [0.5, 0.6) is 0 Å². The van der Waals surface area contributed by atoms with Crippen molar-refractivity contribution in [2.75, 3.05) is 18.3 Å². The van der Waals surface area contributed by atoms with Gasteiger partial charge in [-0.1, -0.05) is 42.0 Å². The number of ether oxygens (including phenoxy) is 1. The van der Waals surface area contributed by atoms with Crippen LogP contribution in [-0.2, 0) is 24.9 Å². The number of benzene rings is 2. The van der Waals surface area contributed by atoms with E-state index in [0.29, 0.717) is 11.4 Å². The van der Waals surface area contributed by atoms with Crippen molar-refractivity contribution in [2.24, 2.45) is 4.99 Å². The van der Waals surface area contributed by atoms with Gasteiger partial charge in [-0.05, 0) is 24.6 Å². The first-order valence-corrected chi connectivity index (χ1v) is 10.5. The molecule has 140 valence electrons. The van der Waals surface area contributed by atoms with Gasteiger partial charge in [0.1, 0.15) is 10.6 Å². The number of carbonyl (C=O) groups is 1. The van der Waals surface area contributed by atoms with Crippen LogP contribution in [0.3, 0.4) is 0 Å². The minimum absolute atomic E-state index is 0.0487. The topological polar surface area (TPSA) is 76.0 Å². The fourth-order valence-electron chi connectivity index (χ4n) is 3.96. The molecule has 7 heteroatoms. The second-order valence-electron chi connectivity index (χ2n) is 7.02. The van der Waals surface area contributed by atoms with Crippen molar-refractivity contribution in [2.45, 2.75) is 25.0 Å². The molecule has 0 saturated carbocycles. The summed E-state index contributed by atoms with van der Waals surface area (Å²) in [4.78, 5) is 19.0. The molecule has 27 heavy (non-hydrogen) atoms. The number of hydrogen-bond acceptors (Lipinski definition) is 5. The summed E-state index contributed by atoms with van der Waals surface area (Å²) in [6.45, 7) is 1.98. The summed E-state index contributed by atoms with van der Waals surface area (Å²) in [5.41, 5.74) is 2.01. The predicted octanol–water partition coefficient (Wildman–Crippen LogP) is 2.73. The maximum absolute atomic E-state index is 12.9. The number of carbonyl (C=O) groups excluding carboxylic acids is 1. The summed E-state index contributed by atoms with van der Waals surface area (Å²) in [7, 11) is -2.09. The van der Waals surface area contributed by atoms with Crippen LogP contribution in [0.1, 0.15) is 17.5 Å². The first-order chi connectivity index (χ1) is 12.8. The van der Waals surface area contributed by atoms with Crippen LogP contribution in [-0.4, -0.2) is 38.8 Å². The minimum Gasteiger partial charge on any atom is -0.369 e. The number of nitrogens with zero attached hydrogens (tertiary/aromatic N) is 2. The molecule has 1 amide bonds. The van der Waals surface area contributed by atoms with E-state index in [0.717, 1.165) is 17.4 Å². The molecule has 4 rings (SSSR count). The Kier molecular flexibility index (Phi) is 3.98. The van der Waals surface area contributed by atoms with E-state index >= 15 is 0 Å². The highest BCUT2D eigenvalue weighted by atomic mass is 32.2. The van der Waals surface area contributed by atoms with Gasteiger partial charge >= 0.3 is 0 Å². The monoisotopic (exact) mass is 384 g/mol. The summed E-state index contributed by atoms with van der Waals surface area (Å²) in [6, 6.07) is 14.9. The average molecular weight is 384 g/mol. The van der Waals surface area contributed by atoms with Crippen LogP contribution in [0.15, 0.2) is 53.5 Å². The van der Waals surface area contributed by atoms with E-state index in [2.05, 4.69) is 4.99 Å². The molecule has 2 heterocycles. The molecule has 0 spiro atoms. The Hall–Kier alpha value is -2.51. The van der Waals surface area contributed by atoms with Gasteiger partial charge in [0.25, 0.3) is 5.91 Å². The van der Waals surface area contributed by atoms with Crippen LogP contribution in [0.25, 0.3) is 0 Å². The molecule has 0 aromatic heterocycles. The third-order valence-corrected chi connectivity index (χ3v) is 6.37. The average Bonchev–Trinajstić information content (AvgIpc) is 2.75. The lowest BCUT2D eigenvalue weighted by Crippen LogP contribution is -2.73. The highest BCUT2D eigenvalue weighted by molar-refractivity contribution is 8.05. The Labute approximate surface area is 158 Å². The smallest absolute Gasteiger partial charge is 0.259 e. The number of fused-ring (bicyclic) bond motifs is 3. The largest absolute Gasteiger partial charge is 0.369 e. The Balaban J connectivity index is 2.02. The second-order valence-corrected chi connectivity index (χ2v) is 9.04. The van der Waals surface area contributed by atoms with E-state index in [4.69, 9.17) is 4.74 Å². The van der Waals surface area contributed by atoms with Crippen LogP contribution in [0.2, 0.25) is 0 Å². The number of rotatable bonds is 2. The van der Waals surface area contributed by atoms with E-state index in [9.17, 15) is 13.2 Å². The van der Waals surface area contributed by atoms with E-state index in [-0.39, 0.29) is 17.4 Å². The molecular weight excluding hydrogens is 364 g/mol. The zero-order valence-corrected chi connectivity index (χ0v) is 16.2. The van der Waals surface area contributed by atoms with E-state index in [1.54, 1.807) is 23.1 Å². The number of aliphatic imine (C=N–C) groups is 1. The van der Waals surface area contributed by atoms with Gasteiger partial charge in [0.05, 0.1) is 11.4 Å². The van der Waals surface area contributed by atoms with Crippen LogP contribution >= 0.6 is 0 Å². The number of aryl methyl sites for hydroxylation is 1. The summed E-state index contributed by atoms with van der Waals surface area (Å²) >= 11 is 0. The molecule has 0 radical (unpaired) electrons. The van der Waals surface area contributed by atoms with Crippen molar-refractivity contribution in [1.82, 2.24) is 0 Å². The summed E-state index contributed by atoms with van der Waals surface area (Å²) in [5, 5.41) is 0.0487. The van der Waals surface area contributed by atoms with Crippen molar-refractivity contribution < 1.29 is 17.9 Å². The number of para-hydroxylation sites is 2. The third-order valence-electron chi connectivity index (χ3n) is 5.28. The van der Waals surface area contributed by atoms with Crippen molar-refractivity contribution in [3.05, 3.63) is 59.7 Å². The molecule has 2 aliphatic rings. The molecule has 1 saturated heterocycles. The Morgan fingerprint density at radius 2 is 1.81 bits per heavy atom. The molecule has 0 N–H and O–H groups in total. The third kappa shape index (κ3) is 2.53. The number of sulfone groups is 1. The zero-order chi connectivity index (χ0) is 19.4. The highest BCUT2D eigenvalue weighted by Crippen LogP contribution is 2.53. The second kappa shape index (κ2) is 6.00. The van der Waals surface area contributed by atoms with Gasteiger partial charge in [-0.15, -0.1) is 0 Å². The van der Waals surface area contributed by atoms with Crippen LogP contribution in [0, 0.1) is 6.92 Å². The standard InChI is InChI=1S/C20H20N2O4S/c1-13-8-10-14(11-9-13)20-12-17(27(3,24)25)21-15-6-4-5-7-16(15)22(20)19(23)18(20)26-2/h4-11,18H,12H2,1-3H3. The van der Waals surface area contributed by atoms with Gasteiger partial charge in [0.15, 0.2) is 15.9 Å². The van der Waals surface area contributed by atoms with Gasteiger partial charge in [-0.3, -0.25) is 9.69 Å². The molecule has 0 bridgehead atoms. The number of amides is 1. The van der Waals surface area contributed by atoms with Crippen molar-refractivity contribution in [3.8, 4) is 0 Å². The lowest BCUT2D eigenvalue weighted by Gasteiger charge is -2.56. The van der Waals surface area contributed by atoms with Gasteiger partial charge in [-0.2, -0.15) is 0 Å². The van der Waals surface area contributed by atoms with E-state index in [1.165, 1.54) is 7.11 Å². The number of methoxy groups -OCH3 is 1. The Bertz CT molecular complexity index is 1060. The van der Waals surface area contributed by atoms with Gasteiger partial charge in [-0.25, -0.2) is 13.4 Å². The van der Waals surface area contributed by atoms with E-state index < -0.39 is 21.5 Å². The molecular formula is C20H20N2O4S. The number of β-lactam (4-membered cyclic amide) rings is 1. The Morgan fingerprint density at radius 3 is 2.44 bits per heavy atom. The minimum atomic E-state index is -3.56. The lowest BCUT2D eigenvalue weighted by atomic mass is 9.72. The first kappa shape index (κ1) is 17.9. The number of anilines is 1. The molecule has 2 unspecified atom stereocenters. The SMILES string of the molecule is COC1C(=O)N2c3ccccc3N=C(S(C)(=O)=O)CC12c1ccc(C)cc1. The number of hydrogen-bond donors (Lipinski definition) is 0. The van der Waals surface area contributed by atoms with E-state index in [1.807, 2.05) is 37.3 Å². The summed E-state index contributed by atoms with van der Waals surface area (Å²) in [6.07, 6.45) is 0.432. The first-order valence-electron chi connectivity index (χ1n) is 8.59. The van der Waals surface area contributed by atoms with Crippen LogP contribution in [0.4, 0.5) is 11.4 Å². The molecule has 1 fully saturated rings. The van der Waals surface area contributed by atoms with Crippen molar-refractivity contribution in [3.63, 3.8) is 0 Å². The molecule has 0 aliphatic carbocycles. The molecule has 2 aromatic rings. The summed E-state index contributed by atoms with van der Waals surface area (Å²) in [5.74, 6) is -0.199. The maximum Gasteiger partial charge on any atom is 0.259 e. The van der Waals surface area contributed by atoms with Crippen molar-refractivity contribution >= 4 is 32.2 Å². The van der Waals surface area contributed by atoms with Gasteiger partial charge < -0.3 is 4.74 Å². The highest BCUT2D eigenvalue weighted by Gasteiger charge is 2.64. The fourth-order valence-corrected chi connectivity index (χ4v) is 4.71. The normalized spacial score (nSPS) is 24.4. The lowest BCUT2D eigenvalue weighted by molar-refractivity contribution is -0.147. The van der Waals surface area contributed by atoms with Gasteiger partial charge in [0, 0.05) is 19.8 Å². The van der Waals surface area contributed by atoms with Crippen molar-refractivity contribution in [1.29, 1.82) is 0 Å². The predicted molar refractivity (Wildman–Crippen MR) is 104 cm³/mol. The zero-order valence-electron chi connectivity index (χ0n) is 15.3. The molecule has 2 aromatic carbocycles. The summed E-state index contributed by atoms with van der Waals surface area (Å²) < 4.78 is 30.5. The molecule has 6 nitrogen and oxygen atoms in total. The fraction of sp³-hybridized carbons (Fsp3) is 0.300. The van der Waals surface area contributed by atoms with Gasteiger partial charge in [0.2, 0.25) is 0 Å². The molecule has 2 atom stereocenters. The maximum atomic E-state index is 12.9.